The van der Waals surface area contributed by atoms with Crippen LogP contribution in [0.2, 0.25) is 0 Å². The van der Waals surface area contributed by atoms with Crippen LogP contribution in [-0.4, -0.2) is 45.9 Å². The molecule has 1 fully saturated rings. The number of fused-ring (bicyclic) bond motifs is 1. The minimum absolute atomic E-state index is 0.0298. The van der Waals surface area contributed by atoms with E-state index in [9.17, 15) is 4.79 Å². The highest BCUT2D eigenvalue weighted by atomic mass is 16.5. The molecule has 0 bridgehead atoms. The maximum atomic E-state index is 12.6. The van der Waals surface area contributed by atoms with Gasteiger partial charge in [-0.3, -0.25) is 4.79 Å². The van der Waals surface area contributed by atoms with E-state index < -0.39 is 0 Å². The zero-order valence-electron chi connectivity index (χ0n) is 16.1. The van der Waals surface area contributed by atoms with Crippen LogP contribution in [0.3, 0.4) is 0 Å². The monoisotopic (exact) mass is 380 g/mol. The Morgan fingerprint density at radius 1 is 1.21 bits per heavy atom. The third-order valence-electron chi connectivity index (χ3n) is 5.20. The van der Waals surface area contributed by atoms with Gasteiger partial charge >= 0.3 is 0 Å². The molecule has 3 aromatic rings. The topological polar surface area (TPSA) is 84.6 Å². The number of nitrogens with zero attached hydrogens (tertiary/aromatic N) is 5. The number of hydrogen-bond acceptors (Lipinski definition) is 6. The summed E-state index contributed by atoms with van der Waals surface area (Å²) in [6, 6.07) is 11.6. The van der Waals surface area contributed by atoms with Crippen LogP contribution in [0.1, 0.15) is 24.2 Å². The molecule has 0 unspecified atom stereocenters. The first-order valence-corrected chi connectivity index (χ1v) is 9.48. The molecule has 0 radical (unpaired) electrons. The second-order valence-corrected chi connectivity index (χ2v) is 7.04. The summed E-state index contributed by atoms with van der Waals surface area (Å²) < 4.78 is 6.98. The van der Waals surface area contributed by atoms with Gasteiger partial charge in [-0.25, -0.2) is 0 Å². The van der Waals surface area contributed by atoms with Gasteiger partial charge in [0.15, 0.2) is 11.5 Å². The predicted octanol–water partition coefficient (Wildman–Crippen LogP) is 1.97. The predicted molar refractivity (Wildman–Crippen MR) is 105 cm³/mol. The number of hydrogen-bond donors (Lipinski definition) is 1. The van der Waals surface area contributed by atoms with Crippen molar-refractivity contribution in [3.63, 3.8) is 0 Å². The molecule has 8 heteroatoms. The Bertz CT molecular complexity index is 978. The number of aromatic nitrogens is 4. The van der Waals surface area contributed by atoms with Gasteiger partial charge in [0.05, 0.1) is 7.11 Å². The van der Waals surface area contributed by atoms with Crippen molar-refractivity contribution >= 4 is 17.4 Å². The zero-order valence-corrected chi connectivity index (χ0v) is 16.1. The SMILES string of the molecule is COc1cccc(CNC(=O)C2CCN(c3ccc4nnc(C)n4n3)CC2)c1. The van der Waals surface area contributed by atoms with Gasteiger partial charge in [0.2, 0.25) is 5.91 Å². The van der Waals surface area contributed by atoms with Crippen molar-refractivity contribution in [2.45, 2.75) is 26.3 Å². The number of nitrogens with one attached hydrogen (secondary N) is 1. The molecule has 1 aliphatic rings. The summed E-state index contributed by atoms with van der Waals surface area (Å²) in [6.07, 6.45) is 1.62. The van der Waals surface area contributed by atoms with Crippen LogP contribution in [-0.2, 0) is 11.3 Å². The lowest BCUT2D eigenvalue weighted by Crippen LogP contribution is -2.40. The normalized spacial score (nSPS) is 15.0. The number of aryl methyl sites for hydroxylation is 1. The molecular formula is C20H24N6O2. The molecule has 0 spiro atoms. The molecule has 3 heterocycles. The van der Waals surface area contributed by atoms with Gasteiger partial charge in [0, 0.05) is 25.6 Å². The molecule has 8 nitrogen and oxygen atoms in total. The first kappa shape index (κ1) is 18.2. The second kappa shape index (κ2) is 7.84. The number of piperidine rings is 1. The zero-order chi connectivity index (χ0) is 19.5. The molecule has 1 saturated heterocycles. The van der Waals surface area contributed by atoms with Crippen LogP contribution in [0.4, 0.5) is 5.82 Å². The molecule has 1 amide bonds. The molecule has 1 N–H and O–H groups in total. The summed E-state index contributed by atoms with van der Waals surface area (Å²) in [4.78, 5) is 14.8. The molecule has 28 heavy (non-hydrogen) atoms. The standard InChI is InChI=1S/C20H24N6O2/c1-14-22-23-18-6-7-19(24-26(14)18)25-10-8-16(9-11-25)20(27)21-13-15-4-3-5-17(12-15)28-2/h3-7,12,16H,8-11,13H2,1-2H3,(H,21,27). The fourth-order valence-electron chi connectivity index (χ4n) is 3.54. The molecule has 0 saturated carbocycles. The van der Waals surface area contributed by atoms with Gasteiger partial charge in [0.25, 0.3) is 0 Å². The third kappa shape index (κ3) is 3.76. The Hall–Kier alpha value is -3.16. The van der Waals surface area contributed by atoms with E-state index in [0.29, 0.717) is 6.54 Å². The number of rotatable bonds is 5. The molecule has 1 aliphatic heterocycles. The van der Waals surface area contributed by atoms with E-state index >= 15 is 0 Å². The highest BCUT2D eigenvalue weighted by molar-refractivity contribution is 5.79. The largest absolute Gasteiger partial charge is 0.497 e. The van der Waals surface area contributed by atoms with E-state index in [1.165, 1.54) is 0 Å². The summed E-state index contributed by atoms with van der Waals surface area (Å²) in [6.45, 7) is 4.00. The molecular weight excluding hydrogens is 356 g/mol. The lowest BCUT2D eigenvalue weighted by Gasteiger charge is -2.32. The fourth-order valence-corrected chi connectivity index (χ4v) is 3.54. The molecule has 0 atom stereocenters. The molecule has 146 valence electrons. The minimum Gasteiger partial charge on any atom is -0.497 e. The number of methoxy groups -OCH3 is 1. The summed E-state index contributed by atoms with van der Waals surface area (Å²) >= 11 is 0. The lowest BCUT2D eigenvalue weighted by molar-refractivity contribution is -0.125. The highest BCUT2D eigenvalue weighted by Crippen LogP contribution is 2.22. The van der Waals surface area contributed by atoms with Crippen molar-refractivity contribution in [1.29, 1.82) is 0 Å². The molecule has 4 rings (SSSR count). The first-order valence-electron chi connectivity index (χ1n) is 9.48. The molecule has 0 aliphatic carbocycles. The maximum absolute atomic E-state index is 12.6. The smallest absolute Gasteiger partial charge is 0.223 e. The van der Waals surface area contributed by atoms with E-state index in [1.54, 1.807) is 11.6 Å². The average Bonchev–Trinajstić information content (AvgIpc) is 3.12. The summed E-state index contributed by atoms with van der Waals surface area (Å²) in [7, 11) is 1.64. The van der Waals surface area contributed by atoms with E-state index in [-0.39, 0.29) is 11.8 Å². The van der Waals surface area contributed by atoms with Crippen molar-refractivity contribution in [2.24, 2.45) is 5.92 Å². The van der Waals surface area contributed by atoms with E-state index in [0.717, 1.165) is 54.5 Å². The Labute approximate surface area is 163 Å². The Balaban J connectivity index is 1.32. The first-order chi connectivity index (χ1) is 13.6. The number of carbonyl (C=O) groups is 1. The van der Waals surface area contributed by atoms with E-state index in [2.05, 4.69) is 25.5 Å². The Morgan fingerprint density at radius 3 is 2.82 bits per heavy atom. The minimum atomic E-state index is 0.0298. The fraction of sp³-hybridized carbons (Fsp3) is 0.400. The van der Waals surface area contributed by atoms with Crippen molar-refractivity contribution in [1.82, 2.24) is 25.1 Å². The van der Waals surface area contributed by atoms with Crippen LogP contribution in [0.5, 0.6) is 5.75 Å². The summed E-state index contributed by atoms with van der Waals surface area (Å²) in [5.41, 5.74) is 1.78. The number of amides is 1. The van der Waals surface area contributed by atoms with Gasteiger partial charge in [-0.1, -0.05) is 12.1 Å². The van der Waals surface area contributed by atoms with E-state index in [1.807, 2.05) is 43.3 Å². The van der Waals surface area contributed by atoms with Crippen LogP contribution in [0.25, 0.3) is 5.65 Å². The summed E-state index contributed by atoms with van der Waals surface area (Å²) in [5, 5.41) is 15.8. The van der Waals surface area contributed by atoms with Gasteiger partial charge in [-0.2, -0.15) is 4.52 Å². The van der Waals surface area contributed by atoms with Crippen LogP contribution in [0, 0.1) is 12.8 Å². The van der Waals surface area contributed by atoms with Crippen molar-refractivity contribution in [2.75, 3.05) is 25.1 Å². The number of ether oxygens (including phenoxy) is 1. The second-order valence-electron chi connectivity index (χ2n) is 7.04. The number of carbonyl (C=O) groups excluding carboxylic acids is 1. The highest BCUT2D eigenvalue weighted by Gasteiger charge is 2.25. The van der Waals surface area contributed by atoms with Gasteiger partial charge in [-0.05, 0) is 49.6 Å². The van der Waals surface area contributed by atoms with Crippen LogP contribution in [0.15, 0.2) is 36.4 Å². The Kier molecular flexibility index (Phi) is 5.10. The van der Waals surface area contributed by atoms with Gasteiger partial charge < -0.3 is 15.0 Å². The van der Waals surface area contributed by atoms with Crippen molar-refractivity contribution < 1.29 is 9.53 Å². The maximum Gasteiger partial charge on any atom is 0.223 e. The lowest BCUT2D eigenvalue weighted by atomic mass is 9.96. The van der Waals surface area contributed by atoms with Crippen LogP contribution < -0.4 is 15.0 Å². The number of anilines is 1. The van der Waals surface area contributed by atoms with Crippen molar-refractivity contribution in [3.8, 4) is 5.75 Å². The van der Waals surface area contributed by atoms with Gasteiger partial charge in [0.1, 0.15) is 11.6 Å². The van der Waals surface area contributed by atoms with Crippen LogP contribution >= 0.6 is 0 Å². The summed E-state index contributed by atoms with van der Waals surface area (Å²) in [5.74, 6) is 2.60. The average molecular weight is 380 g/mol. The quantitative estimate of drug-likeness (QED) is 0.729. The van der Waals surface area contributed by atoms with Crippen molar-refractivity contribution in [3.05, 3.63) is 47.8 Å². The Morgan fingerprint density at radius 2 is 2.04 bits per heavy atom. The molecule has 2 aromatic heterocycles. The number of benzene rings is 1. The van der Waals surface area contributed by atoms with Gasteiger partial charge in [-0.15, -0.1) is 15.3 Å². The third-order valence-corrected chi connectivity index (χ3v) is 5.20. The van der Waals surface area contributed by atoms with E-state index in [4.69, 9.17) is 4.74 Å². The molecule has 1 aromatic carbocycles.